The fourth-order valence-corrected chi connectivity index (χ4v) is 4.68. The van der Waals surface area contributed by atoms with E-state index in [2.05, 4.69) is 17.8 Å². The van der Waals surface area contributed by atoms with Crippen molar-refractivity contribution in [3.8, 4) is 5.75 Å². The van der Waals surface area contributed by atoms with Crippen LogP contribution in [0.25, 0.3) is 0 Å². The molecule has 1 fully saturated rings. The minimum absolute atomic E-state index is 0.0807. The van der Waals surface area contributed by atoms with Crippen LogP contribution in [0.4, 0.5) is 5.69 Å². The van der Waals surface area contributed by atoms with Gasteiger partial charge in [0.2, 0.25) is 5.91 Å². The van der Waals surface area contributed by atoms with E-state index in [1.807, 2.05) is 47.9 Å². The number of methoxy groups -OCH3 is 1. The van der Waals surface area contributed by atoms with Crippen molar-refractivity contribution >= 4 is 34.4 Å². The highest BCUT2D eigenvalue weighted by molar-refractivity contribution is 8.14. The van der Waals surface area contributed by atoms with Gasteiger partial charge in [-0.05, 0) is 32.4 Å². The van der Waals surface area contributed by atoms with Gasteiger partial charge in [0.1, 0.15) is 17.8 Å². The summed E-state index contributed by atoms with van der Waals surface area (Å²) in [4.78, 5) is 21.3. The first-order chi connectivity index (χ1) is 14.5. The maximum atomic E-state index is 12.8. The third kappa shape index (κ3) is 4.79. The van der Waals surface area contributed by atoms with Gasteiger partial charge in [0, 0.05) is 25.2 Å². The highest BCUT2D eigenvalue weighted by atomic mass is 32.2. The maximum Gasteiger partial charge on any atom is 0.233 e. The van der Waals surface area contributed by atoms with Crippen molar-refractivity contribution < 1.29 is 9.53 Å². The van der Waals surface area contributed by atoms with Crippen LogP contribution in [0, 0.1) is 11.3 Å². The van der Waals surface area contributed by atoms with Crippen LogP contribution >= 0.6 is 11.8 Å². The Bertz CT molecular complexity index is 801. The number of rotatable bonds is 8. The van der Waals surface area contributed by atoms with Crippen LogP contribution in [0.2, 0.25) is 0 Å². The second-order valence-electron chi connectivity index (χ2n) is 7.50. The molecule has 1 saturated heterocycles. The number of benzene rings is 1. The number of aliphatic imine (C=N–C) groups is 1. The summed E-state index contributed by atoms with van der Waals surface area (Å²) in [6.45, 7) is 7.66. The van der Waals surface area contributed by atoms with Crippen molar-refractivity contribution in [3.05, 3.63) is 24.3 Å². The molecule has 0 aliphatic carbocycles. The molecule has 1 aromatic carbocycles. The third-order valence-electron chi connectivity index (χ3n) is 5.49. The van der Waals surface area contributed by atoms with Crippen LogP contribution in [0.15, 0.2) is 29.3 Å². The number of hydrazine groups is 1. The Hall–Kier alpha value is -2.10. The van der Waals surface area contributed by atoms with E-state index in [4.69, 9.17) is 15.1 Å². The molecule has 2 aliphatic rings. The standard InChI is InChI=1S/C21H32N6O2S/c1-5-7-11-26(6-2)17(28)13-30-21-23-20-18(14(3)24-25-20)19(22)27(21)15-9-8-10-16(12-15)29-4/h8-10,12,14,18,20,22,24-25H,5-7,11,13H2,1-4H3. The molecule has 8 nitrogen and oxygen atoms in total. The van der Waals surface area contributed by atoms with Crippen molar-refractivity contribution in [1.82, 2.24) is 15.8 Å². The van der Waals surface area contributed by atoms with E-state index in [0.29, 0.717) is 23.3 Å². The van der Waals surface area contributed by atoms with Gasteiger partial charge < -0.3 is 9.64 Å². The number of thioether (sulfide) groups is 1. The van der Waals surface area contributed by atoms with Gasteiger partial charge in [0.25, 0.3) is 0 Å². The van der Waals surface area contributed by atoms with Gasteiger partial charge >= 0.3 is 0 Å². The fraction of sp³-hybridized carbons (Fsp3) is 0.571. The number of hydrogen-bond acceptors (Lipinski definition) is 7. The Morgan fingerprint density at radius 1 is 1.37 bits per heavy atom. The van der Waals surface area contributed by atoms with Crippen molar-refractivity contribution in [1.29, 1.82) is 5.41 Å². The second kappa shape index (κ2) is 10.3. The number of hydrogen-bond donors (Lipinski definition) is 3. The number of carbonyl (C=O) groups is 1. The quantitative estimate of drug-likeness (QED) is 0.585. The van der Waals surface area contributed by atoms with Crippen LogP contribution in [0.5, 0.6) is 5.75 Å². The zero-order valence-corrected chi connectivity index (χ0v) is 19.0. The number of nitrogens with zero attached hydrogens (tertiary/aromatic N) is 3. The van der Waals surface area contributed by atoms with Crippen molar-refractivity contribution in [2.45, 2.75) is 45.8 Å². The van der Waals surface area contributed by atoms with E-state index >= 15 is 0 Å². The number of amides is 1. The van der Waals surface area contributed by atoms with Crippen LogP contribution in [-0.4, -0.2) is 60.0 Å². The van der Waals surface area contributed by atoms with Gasteiger partial charge in [0.05, 0.1) is 24.5 Å². The summed E-state index contributed by atoms with van der Waals surface area (Å²) in [7, 11) is 1.63. The van der Waals surface area contributed by atoms with Crippen LogP contribution < -0.4 is 20.5 Å². The molecule has 30 heavy (non-hydrogen) atoms. The molecule has 0 bridgehead atoms. The van der Waals surface area contributed by atoms with E-state index in [9.17, 15) is 4.79 Å². The van der Waals surface area contributed by atoms with Crippen molar-refractivity contribution in [2.75, 3.05) is 30.9 Å². The first-order valence-electron chi connectivity index (χ1n) is 10.5. The Kier molecular flexibility index (Phi) is 7.74. The molecule has 0 aromatic heterocycles. The average molecular weight is 433 g/mol. The lowest BCUT2D eigenvalue weighted by Crippen LogP contribution is -2.50. The van der Waals surface area contributed by atoms with E-state index < -0.39 is 0 Å². The molecule has 2 heterocycles. The molecule has 3 unspecified atom stereocenters. The maximum absolute atomic E-state index is 12.8. The lowest BCUT2D eigenvalue weighted by atomic mass is 9.97. The van der Waals surface area contributed by atoms with Gasteiger partial charge in [-0.3, -0.25) is 20.5 Å². The lowest BCUT2D eigenvalue weighted by Gasteiger charge is -2.36. The zero-order valence-electron chi connectivity index (χ0n) is 18.1. The number of nitrogens with one attached hydrogen (secondary N) is 3. The first kappa shape index (κ1) is 22.6. The average Bonchev–Trinajstić information content (AvgIpc) is 3.13. The van der Waals surface area contributed by atoms with Gasteiger partial charge in [-0.1, -0.05) is 31.2 Å². The molecule has 9 heteroatoms. The monoisotopic (exact) mass is 432 g/mol. The Morgan fingerprint density at radius 2 is 2.17 bits per heavy atom. The largest absolute Gasteiger partial charge is 0.497 e. The summed E-state index contributed by atoms with van der Waals surface area (Å²) in [6.07, 6.45) is 1.85. The smallest absolute Gasteiger partial charge is 0.233 e. The molecule has 3 rings (SSSR count). The number of amidine groups is 2. The summed E-state index contributed by atoms with van der Waals surface area (Å²) in [5.41, 5.74) is 7.18. The predicted octanol–water partition coefficient (Wildman–Crippen LogP) is 2.67. The molecule has 0 radical (unpaired) electrons. The van der Waals surface area contributed by atoms with E-state index in [0.717, 1.165) is 30.8 Å². The normalized spacial score (nSPS) is 23.2. The van der Waals surface area contributed by atoms with E-state index in [-0.39, 0.29) is 24.0 Å². The molecule has 1 aromatic rings. The summed E-state index contributed by atoms with van der Waals surface area (Å²) >= 11 is 1.39. The van der Waals surface area contributed by atoms with Gasteiger partial charge in [-0.25, -0.2) is 10.4 Å². The van der Waals surface area contributed by atoms with E-state index in [1.165, 1.54) is 11.8 Å². The molecular weight excluding hydrogens is 400 g/mol. The molecule has 164 valence electrons. The van der Waals surface area contributed by atoms with Crippen LogP contribution in [0.1, 0.15) is 33.6 Å². The minimum atomic E-state index is -0.214. The van der Waals surface area contributed by atoms with Crippen LogP contribution in [0.3, 0.4) is 0 Å². The second-order valence-corrected chi connectivity index (χ2v) is 8.44. The summed E-state index contributed by atoms with van der Waals surface area (Å²) in [6, 6.07) is 7.69. The zero-order chi connectivity index (χ0) is 21.7. The number of fused-ring (bicyclic) bond motifs is 1. The predicted molar refractivity (Wildman–Crippen MR) is 123 cm³/mol. The molecule has 3 N–H and O–H groups in total. The molecule has 0 saturated carbocycles. The summed E-state index contributed by atoms with van der Waals surface area (Å²) in [5, 5.41) is 9.56. The summed E-state index contributed by atoms with van der Waals surface area (Å²) in [5.74, 6) is 1.48. The molecule has 2 aliphatic heterocycles. The Labute approximate surface area is 182 Å². The van der Waals surface area contributed by atoms with Gasteiger partial charge in [0.15, 0.2) is 5.17 Å². The number of ether oxygens (including phenoxy) is 1. The van der Waals surface area contributed by atoms with E-state index in [1.54, 1.807) is 7.11 Å². The fourth-order valence-electron chi connectivity index (χ4n) is 3.72. The van der Waals surface area contributed by atoms with Gasteiger partial charge in [-0.2, -0.15) is 0 Å². The van der Waals surface area contributed by atoms with Crippen molar-refractivity contribution in [2.24, 2.45) is 10.9 Å². The number of anilines is 1. The number of unbranched alkanes of at least 4 members (excludes halogenated alkanes) is 1. The molecule has 3 atom stereocenters. The van der Waals surface area contributed by atoms with Gasteiger partial charge in [-0.15, -0.1) is 0 Å². The molecule has 0 spiro atoms. The topological polar surface area (TPSA) is 93.1 Å². The van der Waals surface area contributed by atoms with Crippen LogP contribution in [-0.2, 0) is 4.79 Å². The SMILES string of the molecule is CCCCN(CC)C(=O)CSC1=NC2NNC(C)C2C(=N)N1c1cccc(OC)c1. The summed E-state index contributed by atoms with van der Waals surface area (Å²) < 4.78 is 5.38. The highest BCUT2D eigenvalue weighted by Crippen LogP contribution is 2.33. The number of carbonyl (C=O) groups excluding carboxylic acids is 1. The Morgan fingerprint density at radius 3 is 2.87 bits per heavy atom. The first-order valence-corrected chi connectivity index (χ1v) is 11.5. The van der Waals surface area contributed by atoms with Crippen molar-refractivity contribution in [3.63, 3.8) is 0 Å². The lowest BCUT2D eigenvalue weighted by molar-refractivity contribution is -0.128. The third-order valence-corrected chi connectivity index (χ3v) is 6.42. The minimum Gasteiger partial charge on any atom is -0.497 e. The highest BCUT2D eigenvalue weighted by Gasteiger charge is 2.43. The molecular formula is C21H32N6O2S. The Balaban J connectivity index is 1.84. The molecule has 1 amide bonds.